The minimum Gasteiger partial charge on any atom is -0.347 e. The van der Waals surface area contributed by atoms with E-state index in [1.807, 2.05) is 19.2 Å². The number of nitrogens with one attached hydrogen (secondary N) is 2. The summed E-state index contributed by atoms with van der Waals surface area (Å²) in [5, 5.41) is 10.6. The first-order chi connectivity index (χ1) is 14.5. The monoisotopic (exact) mass is 411 g/mol. The fourth-order valence-corrected chi connectivity index (χ4v) is 3.85. The Morgan fingerprint density at radius 3 is 2.80 bits per heavy atom. The molecule has 30 heavy (non-hydrogen) atoms. The van der Waals surface area contributed by atoms with Crippen LogP contribution in [0.1, 0.15) is 39.3 Å². The Balaban J connectivity index is 1.43. The predicted molar refractivity (Wildman–Crippen MR) is 108 cm³/mol. The molecule has 156 valence electrons. The summed E-state index contributed by atoms with van der Waals surface area (Å²) < 4.78 is 29.0. The first-order valence-electron chi connectivity index (χ1n) is 9.90. The molecule has 0 fully saturated rings. The van der Waals surface area contributed by atoms with Gasteiger partial charge < -0.3 is 10.6 Å². The van der Waals surface area contributed by atoms with E-state index in [1.165, 1.54) is 6.07 Å². The number of benzene rings is 1. The molecule has 1 atom stereocenters. The molecular formula is C22H23F2N5O. The van der Waals surface area contributed by atoms with Crippen LogP contribution in [0.25, 0.3) is 0 Å². The zero-order valence-corrected chi connectivity index (χ0v) is 16.7. The van der Waals surface area contributed by atoms with E-state index in [9.17, 15) is 13.6 Å². The number of amides is 1. The lowest BCUT2D eigenvalue weighted by atomic mass is 9.91. The number of fused-ring (bicyclic) bond motifs is 1. The quantitative estimate of drug-likeness (QED) is 0.654. The molecule has 1 aromatic carbocycles. The topological polar surface area (TPSA) is 71.8 Å². The number of nitrogens with zero attached hydrogens (tertiary/aromatic N) is 3. The second-order valence-corrected chi connectivity index (χ2v) is 7.49. The number of carbonyl (C=O) groups is 1. The molecule has 0 aliphatic heterocycles. The normalized spacial score (nSPS) is 15.6. The zero-order valence-electron chi connectivity index (χ0n) is 16.7. The van der Waals surface area contributed by atoms with E-state index < -0.39 is 11.6 Å². The maximum absolute atomic E-state index is 13.9. The molecule has 2 N–H and O–H groups in total. The molecular weight excluding hydrogens is 388 g/mol. The van der Waals surface area contributed by atoms with Crippen LogP contribution in [-0.2, 0) is 33.0 Å². The summed E-state index contributed by atoms with van der Waals surface area (Å²) in [7, 11) is 1.84. The van der Waals surface area contributed by atoms with E-state index >= 15 is 0 Å². The summed E-state index contributed by atoms with van der Waals surface area (Å²) >= 11 is 0. The Labute approximate surface area is 173 Å². The van der Waals surface area contributed by atoms with Crippen LogP contribution in [0, 0.1) is 11.6 Å². The van der Waals surface area contributed by atoms with Crippen LogP contribution in [-0.4, -0.2) is 26.7 Å². The number of hydrogen-bond acceptors (Lipinski definition) is 4. The fourth-order valence-electron chi connectivity index (χ4n) is 3.85. The molecule has 0 unspecified atom stereocenters. The number of aromatic nitrogens is 3. The molecule has 2 heterocycles. The van der Waals surface area contributed by atoms with Gasteiger partial charge in [-0.3, -0.25) is 14.5 Å². The van der Waals surface area contributed by atoms with Crippen LogP contribution in [0.2, 0.25) is 0 Å². The third kappa shape index (κ3) is 4.38. The van der Waals surface area contributed by atoms with Crippen molar-refractivity contribution in [2.45, 2.75) is 38.4 Å². The maximum atomic E-state index is 13.9. The van der Waals surface area contributed by atoms with Crippen molar-refractivity contribution in [2.75, 3.05) is 0 Å². The number of rotatable bonds is 6. The highest BCUT2D eigenvalue weighted by Crippen LogP contribution is 2.25. The van der Waals surface area contributed by atoms with Gasteiger partial charge in [-0.1, -0.05) is 0 Å². The number of hydrogen-bond donors (Lipinski definition) is 2. The van der Waals surface area contributed by atoms with Crippen molar-refractivity contribution < 1.29 is 13.6 Å². The lowest BCUT2D eigenvalue weighted by Gasteiger charge is -2.24. The summed E-state index contributed by atoms with van der Waals surface area (Å²) in [6.07, 6.45) is 5.57. The largest absolute Gasteiger partial charge is 0.347 e. The van der Waals surface area contributed by atoms with E-state index in [2.05, 4.69) is 20.7 Å². The van der Waals surface area contributed by atoms with Gasteiger partial charge in [0, 0.05) is 55.4 Å². The highest BCUT2D eigenvalue weighted by Gasteiger charge is 2.28. The smallest absolute Gasteiger partial charge is 0.272 e. The molecule has 2 aromatic heterocycles. The number of aryl methyl sites for hydroxylation is 1. The van der Waals surface area contributed by atoms with E-state index in [1.54, 1.807) is 17.1 Å². The minimum absolute atomic E-state index is 0.0520. The molecule has 6 nitrogen and oxygen atoms in total. The first-order valence-corrected chi connectivity index (χ1v) is 9.90. The van der Waals surface area contributed by atoms with Crippen LogP contribution < -0.4 is 10.6 Å². The van der Waals surface area contributed by atoms with Gasteiger partial charge in [-0.25, -0.2) is 8.78 Å². The second kappa shape index (κ2) is 8.71. The van der Waals surface area contributed by atoms with Crippen molar-refractivity contribution >= 4 is 5.91 Å². The molecule has 0 radical (unpaired) electrons. The molecule has 0 saturated heterocycles. The van der Waals surface area contributed by atoms with Crippen molar-refractivity contribution in [2.24, 2.45) is 7.05 Å². The van der Waals surface area contributed by atoms with Crippen molar-refractivity contribution in [1.29, 1.82) is 0 Å². The van der Waals surface area contributed by atoms with E-state index in [4.69, 9.17) is 0 Å². The van der Waals surface area contributed by atoms with Gasteiger partial charge in [-0.05, 0) is 55.2 Å². The van der Waals surface area contributed by atoms with Crippen LogP contribution in [0.3, 0.4) is 0 Å². The van der Waals surface area contributed by atoms with Crippen LogP contribution >= 0.6 is 0 Å². The first kappa shape index (κ1) is 20.2. The third-order valence-corrected chi connectivity index (χ3v) is 5.46. The lowest BCUT2D eigenvalue weighted by molar-refractivity contribution is 0.0944. The Kier molecular flexibility index (Phi) is 5.85. The Hall–Kier alpha value is -3.13. The SMILES string of the molecule is Cn1nc(C(=O)NCc2ccncc2)c2c1CC[C@H](NCc1cc(F)ccc1F)C2. The average Bonchev–Trinajstić information content (AvgIpc) is 3.09. The van der Waals surface area contributed by atoms with Gasteiger partial charge in [0.15, 0.2) is 5.69 Å². The summed E-state index contributed by atoms with van der Waals surface area (Å²) in [5.41, 5.74) is 3.62. The molecule has 1 aliphatic carbocycles. The summed E-state index contributed by atoms with van der Waals surface area (Å²) in [5.74, 6) is -1.11. The highest BCUT2D eigenvalue weighted by atomic mass is 19.1. The number of pyridine rings is 1. The van der Waals surface area contributed by atoms with Gasteiger partial charge >= 0.3 is 0 Å². The maximum Gasteiger partial charge on any atom is 0.272 e. The van der Waals surface area contributed by atoms with Crippen LogP contribution in [0.4, 0.5) is 8.78 Å². The third-order valence-electron chi connectivity index (χ3n) is 5.46. The summed E-state index contributed by atoms with van der Waals surface area (Å²) in [6.45, 7) is 0.626. The fraction of sp³-hybridized carbons (Fsp3) is 0.318. The van der Waals surface area contributed by atoms with Crippen molar-refractivity contribution in [3.05, 3.63) is 82.4 Å². The van der Waals surface area contributed by atoms with Crippen LogP contribution in [0.5, 0.6) is 0 Å². The van der Waals surface area contributed by atoms with E-state index in [0.29, 0.717) is 24.2 Å². The zero-order chi connectivity index (χ0) is 21.1. The van der Waals surface area contributed by atoms with Crippen LogP contribution in [0.15, 0.2) is 42.7 Å². The number of carbonyl (C=O) groups excluding carboxylic acids is 1. The molecule has 4 rings (SSSR count). The second-order valence-electron chi connectivity index (χ2n) is 7.49. The Morgan fingerprint density at radius 1 is 1.20 bits per heavy atom. The van der Waals surface area contributed by atoms with Crippen molar-refractivity contribution in [3.8, 4) is 0 Å². The van der Waals surface area contributed by atoms with Gasteiger partial charge in [0.1, 0.15) is 11.6 Å². The Bertz CT molecular complexity index is 1050. The standard InChI is InChI=1S/C22H23F2N5O/c1-29-20-5-3-17(26-13-15-10-16(23)2-4-19(15)24)11-18(20)21(28-29)22(30)27-12-14-6-8-25-9-7-14/h2,4,6-10,17,26H,3,5,11-13H2,1H3,(H,27,30)/t17-/m0/s1. The molecule has 0 saturated carbocycles. The highest BCUT2D eigenvalue weighted by molar-refractivity contribution is 5.94. The molecule has 0 spiro atoms. The van der Waals surface area contributed by atoms with Gasteiger partial charge in [-0.2, -0.15) is 5.10 Å². The summed E-state index contributed by atoms with van der Waals surface area (Å²) in [4.78, 5) is 16.7. The summed E-state index contributed by atoms with van der Waals surface area (Å²) in [6, 6.07) is 7.20. The lowest BCUT2D eigenvalue weighted by Crippen LogP contribution is -2.35. The molecule has 1 aliphatic rings. The Morgan fingerprint density at radius 2 is 2.00 bits per heavy atom. The number of halogens is 2. The van der Waals surface area contributed by atoms with Gasteiger partial charge in [0.2, 0.25) is 0 Å². The molecule has 3 aromatic rings. The van der Waals surface area contributed by atoms with Gasteiger partial charge in [0.25, 0.3) is 5.91 Å². The molecule has 0 bridgehead atoms. The van der Waals surface area contributed by atoms with E-state index in [0.717, 1.165) is 41.8 Å². The average molecular weight is 411 g/mol. The molecule has 8 heteroatoms. The van der Waals surface area contributed by atoms with Gasteiger partial charge in [-0.15, -0.1) is 0 Å². The van der Waals surface area contributed by atoms with Crippen molar-refractivity contribution in [1.82, 2.24) is 25.4 Å². The minimum atomic E-state index is -0.459. The van der Waals surface area contributed by atoms with Crippen molar-refractivity contribution in [3.63, 3.8) is 0 Å². The predicted octanol–water partition coefficient (Wildman–Crippen LogP) is 2.67. The van der Waals surface area contributed by atoms with Gasteiger partial charge in [0.05, 0.1) is 0 Å². The van der Waals surface area contributed by atoms with E-state index in [-0.39, 0.29) is 18.5 Å². The molecule has 1 amide bonds.